The lowest BCUT2D eigenvalue weighted by Gasteiger charge is -2.35. The molecule has 0 spiro atoms. The van der Waals surface area contributed by atoms with Gasteiger partial charge < -0.3 is 9.64 Å². The third-order valence-corrected chi connectivity index (χ3v) is 6.83. The summed E-state index contributed by atoms with van der Waals surface area (Å²) in [6, 6.07) is 2.11. The smallest absolute Gasteiger partial charge is 0.189 e. The zero-order valence-electron chi connectivity index (χ0n) is 13.8. The van der Waals surface area contributed by atoms with Crippen molar-refractivity contribution in [2.24, 2.45) is 0 Å². The van der Waals surface area contributed by atoms with E-state index >= 15 is 0 Å². The molecule has 22 heavy (non-hydrogen) atoms. The molecule has 0 amide bonds. The van der Waals surface area contributed by atoms with Gasteiger partial charge in [-0.2, -0.15) is 0 Å². The van der Waals surface area contributed by atoms with Gasteiger partial charge >= 0.3 is 0 Å². The second kappa shape index (κ2) is 6.33. The van der Waals surface area contributed by atoms with Gasteiger partial charge in [0.25, 0.3) is 0 Å². The Kier molecular flexibility index (Phi) is 5.03. The summed E-state index contributed by atoms with van der Waals surface area (Å²) in [6.45, 7) is 7.82. The molecule has 1 aliphatic rings. The first-order valence-electron chi connectivity index (χ1n) is 7.18. The van der Waals surface area contributed by atoms with Gasteiger partial charge in [-0.25, -0.2) is 14.2 Å². The molecule has 1 saturated heterocycles. The van der Waals surface area contributed by atoms with E-state index in [1.165, 1.54) is 18.0 Å². The molecule has 1 N–H and O–H groups in total. The first-order chi connectivity index (χ1) is 10.2. The van der Waals surface area contributed by atoms with E-state index in [0.29, 0.717) is 24.1 Å². The average Bonchev–Trinajstić information content (AvgIpc) is 2.46. The molecule has 2 rings (SSSR count). The predicted molar refractivity (Wildman–Crippen MR) is 91.3 cm³/mol. The van der Waals surface area contributed by atoms with Crippen LogP contribution in [-0.4, -0.2) is 52.5 Å². The van der Waals surface area contributed by atoms with Gasteiger partial charge in [0, 0.05) is 18.9 Å². The fourth-order valence-electron chi connectivity index (χ4n) is 2.23. The lowest BCUT2D eigenvalue weighted by molar-refractivity contribution is 0.0984. The number of nitrogens with one attached hydrogen (secondary N) is 1. The molecule has 1 fully saturated rings. The summed E-state index contributed by atoms with van der Waals surface area (Å²) < 4.78 is 25.0. The van der Waals surface area contributed by atoms with Crippen LogP contribution in [0.15, 0.2) is 11.2 Å². The standard InChI is InChI=1S/C14H24N4O2S2/c1-10-9-20-7-6-18(10)12-8-11(16-13(17-12)21-4)14(2,3)22(5,15)19/h8,10,15H,6-7,9H2,1-5H3/t10-,22?/m1/s1. The third kappa shape index (κ3) is 3.38. The summed E-state index contributed by atoms with van der Waals surface area (Å²) in [7, 11) is -2.78. The molecule has 6 nitrogen and oxygen atoms in total. The molecule has 0 saturated carbocycles. The highest BCUT2D eigenvalue weighted by molar-refractivity contribution is 7.98. The molecule has 1 aromatic heterocycles. The van der Waals surface area contributed by atoms with Gasteiger partial charge in [0.05, 0.1) is 39.4 Å². The number of anilines is 1. The zero-order chi connectivity index (χ0) is 16.5. The van der Waals surface area contributed by atoms with Crippen LogP contribution >= 0.6 is 11.8 Å². The summed E-state index contributed by atoms with van der Waals surface area (Å²) in [5.74, 6) is 0.821. The summed E-state index contributed by atoms with van der Waals surface area (Å²) in [5.41, 5.74) is 0.656. The molecule has 0 radical (unpaired) electrons. The highest BCUT2D eigenvalue weighted by atomic mass is 32.2. The Morgan fingerprint density at radius 2 is 2.18 bits per heavy atom. The topological polar surface area (TPSA) is 79.2 Å². The maximum absolute atomic E-state index is 12.3. The molecule has 124 valence electrons. The molecule has 1 unspecified atom stereocenters. The maximum atomic E-state index is 12.3. The van der Waals surface area contributed by atoms with Gasteiger partial charge in [0.2, 0.25) is 0 Å². The number of hydrogen-bond donors (Lipinski definition) is 1. The summed E-state index contributed by atoms with van der Waals surface area (Å²) in [4.78, 5) is 11.3. The van der Waals surface area contributed by atoms with Crippen molar-refractivity contribution in [3.05, 3.63) is 11.8 Å². The first kappa shape index (κ1) is 17.5. The Morgan fingerprint density at radius 1 is 1.50 bits per heavy atom. The van der Waals surface area contributed by atoms with E-state index < -0.39 is 14.5 Å². The van der Waals surface area contributed by atoms with Crippen LogP contribution in [-0.2, 0) is 19.2 Å². The van der Waals surface area contributed by atoms with E-state index in [0.717, 1.165) is 12.4 Å². The normalized spacial score (nSPS) is 22.4. The fourth-order valence-corrected chi connectivity index (χ4v) is 3.10. The van der Waals surface area contributed by atoms with Crippen molar-refractivity contribution in [1.29, 1.82) is 4.78 Å². The average molecular weight is 345 g/mol. The van der Waals surface area contributed by atoms with Crippen molar-refractivity contribution in [3.8, 4) is 0 Å². The highest BCUT2D eigenvalue weighted by Gasteiger charge is 2.33. The van der Waals surface area contributed by atoms with Crippen molar-refractivity contribution in [1.82, 2.24) is 9.97 Å². The van der Waals surface area contributed by atoms with E-state index in [1.54, 1.807) is 13.8 Å². The van der Waals surface area contributed by atoms with E-state index in [1.807, 2.05) is 12.3 Å². The fraction of sp³-hybridized carbons (Fsp3) is 0.714. The maximum Gasteiger partial charge on any atom is 0.189 e. The van der Waals surface area contributed by atoms with Crippen LogP contribution in [0.3, 0.4) is 0 Å². The molecule has 0 aromatic carbocycles. The molecule has 0 bridgehead atoms. The molecule has 8 heteroatoms. The van der Waals surface area contributed by atoms with Gasteiger partial charge in [-0.3, -0.25) is 4.78 Å². The largest absolute Gasteiger partial charge is 0.377 e. The molecule has 2 heterocycles. The SMILES string of the molecule is CSc1nc(N2CCOC[C@H]2C)cc(C(C)(C)S(C)(=N)=O)n1. The summed E-state index contributed by atoms with van der Waals surface area (Å²) in [5, 5.41) is 0.642. The van der Waals surface area contributed by atoms with Crippen LogP contribution in [0.2, 0.25) is 0 Å². The Hall–Kier alpha value is -0.860. The van der Waals surface area contributed by atoms with Crippen molar-refractivity contribution in [3.63, 3.8) is 0 Å². The van der Waals surface area contributed by atoms with Crippen LogP contribution in [0.25, 0.3) is 0 Å². The number of ether oxygens (including phenoxy) is 1. The lowest BCUT2D eigenvalue weighted by atomic mass is 10.1. The number of rotatable bonds is 4. The molecular weight excluding hydrogens is 320 g/mol. The minimum Gasteiger partial charge on any atom is -0.377 e. The molecule has 1 aliphatic heterocycles. The van der Waals surface area contributed by atoms with Gasteiger partial charge in [-0.05, 0) is 27.0 Å². The number of nitrogens with zero attached hydrogens (tertiary/aromatic N) is 3. The quantitative estimate of drug-likeness (QED) is 0.667. The third-order valence-electron chi connectivity index (χ3n) is 4.13. The number of hydrogen-bond acceptors (Lipinski definition) is 7. The molecule has 1 aromatic rings. The van der Waals surface area contributed by atoms with Crippen LogP contribution in [0, 0.1) is 4.78 Å². The van der Waals surface area contributed by atoms with Crippen molar-refractivity contribution < 1.29 is 8.95 Å². The molecular formula is C14H24N4O2S2. The van der Waals surface area contributed by atoms with Gasteiger partial charge in [-0.15, -0.1) is 0 Å². The lowest BCUT2D eigenvalue weighted by Crippen LogP contribution is -2.44. The van der Waals surface area contributed by atoms with Gasteiger partial charge in [0.15, 0.2) is 5.16 Å². The van der Waals surface area contributed by atoms with Crippen molar-refractivity contribution in [2.75, 3.05) is 37.2 Å². The molecule has 2 atom stereocenters. The summed E-state index contributed by atoms with van der Waals surface area (Å²) in [6.07, 6.45) is 3.38. The van der Waals surface area contributed by atoms with E-state index in [4.69, 9.17) is 9.52 Å². The predicted octanol–water partition coefficient (Wildman–Crippen LogP) is 2.34. The monoisotopic (exact) mass is 344 g/mol. The van der Waals surface area contributed by atoms with Crippen LogP contribution in [0.5, 0.6) is 0 Å². The van der Waals surface area contributed by atoms with E-state index in [9.17, 15) is 4.21 Å². The van der Waals surface area contributed by atoms with Crippen LogP contribution in [0.4, 0.5) is 5.82 Å². The van der Waals surface area contributed by atoms with E-state index in [2.05, 4.69) is 21.8 Å². The van der Waals surface area contributed by atoms with E-state index in [-0.39, 0.29) is 6.04 Å². The number of thioether (sulfide) groups is 1. The van der Waals surface area contributed by atoms with Crippen molar-refractivity contribution >= 4 is 27.3 Å². The van der Waals surface area contributed by atoms with Crippen molar-refractivity contribution in [2.45, 2.75) is 36.7 Å². The Morgan fingerprint density at radius 3 is 2.73 bits per heavy atom. The van der Waals surface area contributed by atoms with Gasteiger partial charge in [-0.1, -0.05) is 11.8 Å². The number of aromatic nitrogens is 2. The van der Waals surface area contributed by atoms with Crippen LogP contribution < -0.4 is 4.90 Å². The molecule has 0 aliphatic carbocycles. The second-order valence-electron chi connectivity index (χ2n) is 6.07. The Balaban J connectivity index is 2.51. The summed E-state index contributed by atoms with van der Waals surface area (Å²) >= 11 is 1.45. The minimum absolute atomic E-state index is 0.233. The minimum atomic E-state index is -2.78. The first-order valence-corrected chi connectivity index (χ1v) is 10.4. The zero-order valence-corrected chi connectivity index (χ0v) is 15.4. The van der Waals surface area contributed by atoms with Crippen LogP contribution in [0.1, 0.15) is 26.5 Å². The second-order valence-corrected chi connectivity index (χ2v) is 9.55. The Bertz CT molecular complexity index is 646. The highest BCUT2D eigenvalue weighted by Crippen LogP contribution is 2.32. The van der Waals surface area contributed by atoms with Gasteiger partial charge in [0.1, 0.15) is 5.82 Å². The number of morpholine rings is 1. The Labute approximate surface area is 137 Å².